The Balaban J connectivity index is 1.98. The molecule has 0 bridgehead atoms. The Bertz CT molecular complexity index is 287. The van der Waals surface area contributed by atoms with E-state index in [0.29, 0.717) is 23.6 Å². The number of likely N-dealkylation sites (N-methyl/N-ethyl adjacent to an activating group) is 1. The molecular weight excluding hydrogens is 248 g/mol. The first-order chi connectivity index (χ1) is 9.58. The van der Waals surface area contributed by atoms with Crippen LogP contribution in [0.3, 0.4) is 0 Å². The highest BCUT2D eigenvalue weighted by molar-refractivity contribution is 5.01. The van der Waals surface area contributed by atoms with Crippen molar-refractivity contribution in [3.63, 3.8) is 0 Å². The molecule has 0 amide bonds. The van der Waals surface area contributed by atoms with Gasteiger partial charge >= 0.3 is 0 Å². The van der Waals surface area contributed by atoms with Crippen molar-refractivity contribution in [1.82, 2.24) is 10.2 Å². The second kappa shape index (κ2) is 7.24. The summed E-state index contributed by atoms with van der Waals surface area (Å²) in [7, 11) is 0. The zero-order valence-electron chi connectivity index (χ0n) is 14.0. The summed E-state index contributed by atoms with van der Waals surface area (Å²) in [6.45, 7) is 13.8. The Morgan fingerprint density at radius 3 is 2.65 bits per heavy atom. The van der Waals surface area contributed by atoms with E-state index in [9.17, 15) is 0 Å². The Morgan fingerprint density at radius 2 is 2.05 bits per heavy atom. The molecule has 1 N–H and O–H groups in total. The van der Waals surface area contributed by atoms with Crippen molar-refractivity contribution in [3.05, 3.63) is 0 Å². The van der Waals surface area contributed by atoms with Gasteiger partial charge in [0.2, 0.25) is 0 Å². The second-order valence-electron chi connectivity index (χ2n) is 7.25. The van der Waals surface area contributed by atoms with E-state index >= 15 is 0 Å². The van der Waals surface area contributed by atoms with Crippen LogP contribution in [0.2, 0.25) is 0 Å². The van der Waals surface area contributed by atoms with Gasteiger partial charge in [-0.05, 0) is 50.6 Å². The molecule has 1 aliphatic carbocycles. The Morgan fingerprint density at radius 1 is 1.25 bits per heavy atom. The largest absolute Gasteiger partial charge is 0.377 e. The Kier molecular flexibility index (Phi) is 5.88. The van der Waals surface area contributed by atoms with Crippen LogP contribution in [0.15, 0.2) is 0 Å². The molecule has 0 aromatic carbocycles. The van der Waals surface area contributed by atoms with Crippen LogP contribution in [0, 0.1) is 5.41 Å². The molecule has 1 saturated carbocycles. The molecule has 3 atom stereocenters. The van der Waals surface area contributed by atoms with E-state index in [4.69, 9.17) is 4.74 Å². The van der Waals surface area contributed by atoms with E-state index in [2.05, 4.69) is 37.9 Å². The van der Waals surface area contributed by atoms with Crippen LogP contribution >= 0.6 is 0 Å². The molecule has 0 radical (unpaired) electrons. The molecule has 2 fully saturated rings. The van der Waals surface area contributed by atoms with Crippen molar-refractivity contribution >= 4 is 0 Å². The summed E-state index contributed by atoms with van der Waals surface area (Å²) < 4.78 is 5.85. The number of nitrogens with one attached hydrogen (secondary N) is 1. The van der Waals surface area contributed by atoms with Crippen molar-refractivity contribution in [3.8, 4) is 0 Å². The van der Waals surface area contributed by atoms with Gasteiger partial charge in [-0.2, -0.15) is 0 Å². The minimum Gasteiger partial charge on any atom is -0.377 e. The zero-order chi connectivity index (χ0) is 14.6. The lowest BCUT2D eigenvalue weighted by atomic mass is 9.86. The monoisotopic (exact) mass is 282 g/mol. The standard InChI is InChI=1S/C17H34N2O/c1-5-11-18-16-15(9-10-17(16,3)4)19(6-2)13-14-8-7-12-20-14/h14-16,18H,5-13H2,1-4H3. The van der Waals surface area contributed by atoms with Gasteiger partial charge in [0.1, 0.15) is 0 Å². The number of rotatable bonds is 7. The summed E-state index contributed by atoms with van der Waals surface area (Å²) in [4.78, 5) is 2.68. The van der Waals surface area contributed by atoms with Crippen LogP contribution in [0.4, 0.5) is 0 Å². The van der Waals surface area contributed by atoms with E-state index < -0.39 is 0 Å². The maximum atomic E-state index is 5.85. The van der Waals surface area contributed by atoms with E-state index in [1.807, 2.05) is 0 Å². The first kappa shape index (κ1) is 16.3. The van der Waals surface area contributed by atoms with Gasteiger partial charge in [0.05, 0.1) is 6.10 Å². The molecule has 3 nitrogen and oxygen atoms in total. The van der Waals surface area contributed by atoms with Crippen LogP contribution in [0.5, 0.6) is 0 Å². The molecule has 118 valence electrons. The average molecular weight is 282 g/mol. The van der Waals surface area contributed by atoms with Crippen LogP contribution < -0.4 is 5.32 Å². The van der Waals surface area contributed by atoms with Gasteiger partial charge < -0.3 is 10.1 Å². The third kappa shape index (κ3) is 3.75. The maximum Gasteiger partial charge on any atom is 0.0702 e. The lowest BCUT2D eigenvalue weighted by Crippen LogP contribution is -2.53. The summed E-state index contributed by atoms with van der Waals surface area (Å²) in [6, 6.07) is 1.31. The third-order valence-corrected chi connectivity index (χ3v) is 5.26. The van der Waals surface area contributed by atoms with Crippen LogP contribution in [0.1, 0.15) is 59.8 Å². The molecule has 0 aromatic heterocycles. The van der Waals surface area contributed by atoms with Gasteiger partial charge in [-0.25, -0.2) is 0 Å². The SMILES string of the molecule is CCCNC1C(N(CC)CC2CCCO2)CCC1(C)C. The van der Waals surface area contributed by atoms with Gasteiger partial charge in [-0.15, -0.1) is 0 Å². The van der Waals surface area contributed by atoms with Gasteiger partial charge in [-0.3, -0.25) is 4.90 Å². The summed E-state index contributed by atoms with van der Waals surface area (Å²) in [5, 5.41) is 3.83. The average Bonchev–Trinajstić information content (AvgIpc) is 3.02. The van der Waals surface area contributed by atoms with Crippen molar-refractivity contribution in [1.29, 1.82) is 0 Å². The topological polar surface area (TPSA) is 24.5 Å². The number of ether oxygens (including phenoxy) is 1. The molecule has 1 aliphatic heterocycles. The minimum absolute atomic E-state index is 0.420. The number of hydrogen-bond acceptors (Lipinski definition) is 3. The Hall–Kier alpha value is -0.120. The van der Waals surface area contributed by atoms with E-state index in [0.717, 1.165) is 26.2 Å². The number of hydrogen-bond donors (Lipinski definition) is 1. The fourth-order valence-corrected chi connectivity index (χ4v) is 4.02. The van der Waals surface area contributed by atoms with Crippen LogP contribution in [-0.2, 0) is 4.74 Å². The lowest BCUT2D eigenvalue weighted by Gasteiger charge is -2.38. The van der Waals surface area contributed by atoms with Gasteiger partial charge in [0.25, 0.3) is 0 Å². The first-order valence-electron chi connectivity index (χ1n) is 8.67. The molecule has 20 heavy (non-hydrogen) atoms. The summed E-state index contributed by atoms with van der Waals surface area (Å²) >= 11 is 0. The molecule has 2 rings (SSSR count). The maximum absolute atomic E-state index is 5.85. The van der Waals surface area contributed by atoms with Gasteiger partial charge in [0.15, 0.2) is 0 Å². The smallest absolute Gasteiger partial charge is 0.0702 e. The number of nitrogens with zero attached hydrogens (tertiary/aromatic N) is 1. The quantitative estimate of drug-likeness (QED) is 0.777. The van der Waals surface area contributed by atoms with Crippen molar-refractivity contribution in [2.24, 2.45) is 5.41 Å². The van der Waals surface area contributed by atoms with E-state index in [1.165, 1.54) is 32.1 Å². The molecular formula is C17H34N2O. The summed E-state index contributed by atoms with van der Waals surface area (Å²) in [6.07, 6.45) is 6.86. The molecule has 1 saturated heterocycles. The van der Waals surface area contributed by atoms with Crippen molar-refractivity contribution in [2.45, 2.75) is 78.0 Å². The zero-order valence-corrected chi connectivity index (χ0v) is 14.0. The van der Waals surface area contributed by atoms with Crippen molar-refractivity contribution in [2.75, 3.05) is 26.2 Å². The highest BCUT2D eigenvalue weighted by atomic mass is 16.5. The van der Waals surface area contributed by atoms with Crippen LogP contribution in [0.25, 0.3) is 0 Å². The van der Waals surface area contributed by atoms with Crippen LogP contribution in [-0.4, -0.2) is 49.3 Å². The lowest BCUT2D eigenvalue weighted by molar-refractivity contribution is 0.0501. The van der Waals surface area contributed by atoms with E-state index in [-0.39, 0.29) is 0 Å². The molecule has 3 unspecified atom stereocenters. The molecule has 0 aromatic rings. The molecule has 3 heteroatoms. The molecule has 0 spiro atoms. The molecule has 1 heterocycles. The fraction of sp³-hybridized carbons (Fsp3) is 1.00. The predicted octanol–water partition coefficient (Wildman–Crippen LogP) is 3.04. The highest BCUT2D eigenvalue weighted by Crippen LogP contribution is 2.40. The summed E-state index contributed by atoms with van der Waals surface area (Å²) in [5.41, 5.74) is 0.420. The Labute approximate surface area is 125 Å². The third-order valence-electron chi connectivity index (χ3n) is 5.26. The molecule has 2 aliphatic rings. The van der Waals surface area contributed by atoms with Gasteiger partial charge in [0, 0.05) is 25.2 Å². The summed E-state index contributed by atoms with van der Waals surface area (Å²) in [5.74, 6) is 0. The minimum atomic E-state index is 0.420. The fourth-order valence-electron chi connectivity index (χ4n) is 4.02. The second-order valence-corrected chi connectivity index (χ2v) is 7.25. The first-order valence-corrected chi connectivity index (χ1v) is 8.67. The van der Waals surface area contributed by atoms with E-state index in [1.54, 1.807) is 0 Å². The van der Waals surface area contributed by atoms with Crippen molar-refractivity contribution < 1.29 is 4.74 Å². The van der Waals surface area contributed by atoms with Gasteiger partial charge in [-0.1, -0.05) is 27.7 Å². The predicted molar refractivity (Wildman–Crippen MR) is 85.1 cm³/mol. The normalized spacial score (nSPS) is 33.1. The highest BCUT2D eigenvalue weighted by Gasteiger charge is 2.44.